The lowest BCUT2D eigenvalue weighted by Gasteiger charge is -2.36. The molecule has 1 amide bonds. The molecule has 0 N–H and O–H groups in total. The van der Waals surface area contributed by atoms with Gasteiger partial charge in [0.1, 0.15) is 5.75 Å². The second kappa shape index (κ2) is 9.43. The molecule has 31 heavy (non-hydrogen) atoms. The number of carbonyl (C=O) groups is 1. The van der Waals surface area contributed by atoms with Crippen LogP contribution in [0.4, 0.5) is 5.69 Å². The number of nitrogens with zero attached hydrogens (tertiary/aromatic N) is 4. The van der Waals surface area contributed by atoms with Gasteiger partial charge in [0.2, 0.25) is 5.91 Å². The Morgan fingerprint density at radius 1 is 1.06 bits per heavy atom. The summed E-state index contributed by atoms with van der Waals surface area (Å²) in [4.78, 5) is 34.2. The Morgan fingerprint density at radius 2 is 1.77 bits per heavy atom. The molecule has 1 aliphatic rings. The van der Waals surface area contributed by atoms with Crippen LogP contribution in [0.5, 0.6) is 5.75 Å². The van der Waals surface area contributed by atoms with Crippen molar-refractivity contribution in [3.05, 3.63) is 58.9 Å². The number of aryl methyl sites for hydroxylation is 1. The quantitative estimate of drug-likeness (QED) is 0.552. The molecular formula is C23H26N4O3S. The van der Waals surface area contributed by atoms with Gasteiger partial charge in [-0.25, -0.2) is 4.98 Å². The van der Waals surface area contributed by atoms with Crippen molar-refractivity contribution >= 4 is 34.4 Å². The number of hydrogen-bond donors (Lipinski definition) is 0. The lowest BCUT2D eigenvalue weighted by molar-refractivity contribution is -0.128. The molecule has 0 bridgehead atoms. The van der Waals surface area contributed by atoms with Gasteiger partial charge in [0.05, 0.1) is 23.9 Å². The van der Waals surface area contributed by atoms with Crippen molar-refractivity contribution in [3.63, 3.8) is 0 Å². The van der Waals surface area contributed by atoms with Crippen LogP contribution in [0, 0.1) is 0 Å². The van der Waals surface area contributed by atoms with Crippen molar-refractivity contribution in [1.29, 1.82) is 0 Å². The highest BCUT2D eigenvalue weighted by molar-refractivity contribution is 7.99. The Hall–Kier alpha value is -3.00. The molecular weight excluding hydrogens is 412 g/mol. The topological polar surface area (TPSA) is 67.7 Å². The van der Waals surface area contributed by atoms with Gasteiger partial charge in [0, 0.05) is 38.4 Å². The number of fused-ring (bicyclic) bond motifs is 1. The summed E-state index contributed by atoms with van der Waals surface area (Å²) in [5.41, 5.74) is 2.58. The van der Waals surface area contributed by atoms with Gasteiger partial charge in [-0.2, -0.15) is 0 Å². The first-order chi connectivity index (χ1) is 15.1. The molecule has 0 aliphatic carbocycles. The fraction of sp³-hybridized carbons (Fsp3) is 0.348. The molecule has 2 heterocycles. The van der Waals surface area contributed by atoms with Crippen LogP contribution < -0.4 is 15.2 Å². The van der Waals surface area contributed by atoms with E-state index in [9.17, 15) is 9.59 Å². The Bertz CT molecular complexity index is 1120. The number of hydrogen-bond acceptors (Lipinski definition) is 6. The van der Waals surface area contributed by atoms with Crippen LogP contribution in [0.15, 0.2) is 58.4 Å². The van der Waals surface area contributed by atoms with Crippen LogP contribution in [0.2, 0.25) is 0 Å². The monoisotopic (exact) mass is 438 g/mol. The van der Waals surface area contributed by atoms with E-state index in [4.69, 9.17) is 4.74 Å². The zero-order chi connectivity index (χ0) is 21.8. The first-order valence-corrected chi connectivity index (χ1v) is 11.4. The van der Waals surface area contributed by atoms with Gasteiger partial charge in [0.15, 0.2) is 5.03 Å². The summed E-state index contributed by atoms with van der Waals surface area (Å²) >= 11 is 1.23. The summed E-state index contributed by atoms with van der Waals surface area (Å²) in [6, 6.07) is 15.6. The number of piperazine rings is 1. The van der Waals surface area contributed by atoms with E-state index in [0.717, 1.165) is 35.6 Å². The molecule has 1 aliphatic heterocycles. The number of benzene rings is 2. The van der Waals surface area contributed by atoms with Crippen molar-refractivity contribution < 1.29 is 9.53 Å². The first-order valence-electron chi connectivity index (χ1n) is 10.4. The number of amides is 1. The summed E-state index contributed by atoms with van der Waals surface area (Å²) < 4.78 is 6.92. The number of anilines is 1. The van der Waals surface area contributed by atoms with Crippen LogP contribution in [-0.4, -0.2) is 59.4 Å². The molecule has 0 saturated carbocycles. The smallest absolute Gasteiger partial charge is 0.283 e. The minimum atomic E-state index is -0.136. The highest BCUT2D eigenvalue weighted by atomic mass is 32.2. The van der Waals surface area contributed by atoms with E-state index in [0.29, 0.717) is 24.7 Å². The van der Waals surface area contributed by atoms with E-state index in [1.165, 1.54) is 11.8 Å². The van der Waals surface area contributed by atoms with E-state index < -0.39 is 0 Å². The molecule has 1 fully saturated rings. The predicted molar refractivity (Wildman–Crippen MR) is 124 cm³/mol. The first kappa shape index (κ1) is 21.2. The lowest BCUT2D eigenvalue weighted by Crippen LogP contribution is -2.49. The fourth-order valence-electron chi connectivity index (χ4n) is 3.81. The molecule has 0 radical (unpaired) electrons. The van der Waals surface area contributed by atoms with Gasteiger partial charge in [-0.3, -0.25) is 9.59 Å². The average molecular weight is 439 g/mol. The third-order valence-corrected chi connectivity index (χ3v) is 6.47. The SMILES string of the molecule is CCn1c(=O)c(SCC(=O)N2CCN(c3ccc(OC)cc3)CC2)nc2ccccc21. The van der Waals surface area contributed by atoms with Crippen LogP contribution in [0.25, 0.3) is 11.0 Å². The molecule has 162 valence electrons. The molecule has 0 spiro atoms. The Labute approximate surface area is 185 Å². The van der Waals surface area contributed by atoms with Gasteiger partial charge >= 0.3 is 0 Å². The average Bonchev–Trinajstić information content (AvgIpc) is 2.83. The molecule has 1 aromatic heterocycles. The van der Waals surface area contributed by atoms with Gasteiger partial charge in [-0.05, 0) is 43.3 Å². The maximum Gasteiger partial charge on any atom is 0.283 e. The third kappa shape index (κ3) is 4.54. The Morgan fingerprint density at radius 3 is 2.45 bits per heavy atom. The summed E-state index contributed by atoms with van der Waals surface area (Å²) in [5.74, 6) is 1.09. The van der Waals surface area contributed by atoms with Crippen molar-refractivity contribution in [1.82, 2.24) is 14.5 Å². The Kier molecular flexibility index (Phi) is 6.46. The van der Waals surface area contributed by atoms with E-state index >= 15 is 0 Å². The molecule has 8 heteroatoms. The third-order valence-electron chi connectivity index (χ3n) is 5.54. The number of ether oxygens (including phenoxy) is 1. The van der Waals surface area contributed by atoms with Crippen molar-refractivity contribution in [2.75, 3.05) is 43.9 Å². The fourth-order valence-corrected chi connectivity index (χ4v) is 4.64. The molecule has 2 aromatic carbocycles. The predicted octanol–water partition coefficient (Wildman–Crippen LogP) is 2.87. The highest BCUT2D eigenvalue weighted by Gasteiger charge is 2.22. The summed E-state index contributed by atoms with van der Waals surface area (Å²) in [6.07, 6.45) is 0. The largest absolute Gasteiger partial charge is 0.497 e. The number of thioether (sulfide) groups is 1. The second-order valence-corrected chi connectivity index (χ2v) is 8.27. The standard InChI is InChI=1S/C23H26N4O3S/c1-3-27-20-7-5-4-6-19(20)24-22(23(27)29)31-16-21(28)26-14-12-25(13-15-26)17-8-10-18(30-2)11-9-17/h4-11H,3,12-16H2,1-2H3. The molecule has 1 saturated heterocycles. The maximum atomic E-state index is 12.8. The van der Waals surface area contributed by atoms with Crippen LogP contribution >= 0.6 is 11.8 Å². The van der Waals surface area contributed by atoms with Crippen LogP contribution in [0.3, 0.4) is 0 Å². The number of methoxy groups -OCH3 is 1. The molecule has 4 rings (SSSR count). The number of para-hydroxylation sites is 2. The van der Waals surface area contributed by atoms with Crippen molar-refractivity contribution in [2.24, 2.45) is 0 Å². The van der Waals surface area contributed by atoms with E-state index in [2.05, 4.69) is 9.88 Å². The summed E-state index contributed by atoms with van der Waals surface area (Å²) in [5, 5.41) is 0.380. The van der Waals surface area contributed by atoms with Crippen molar-refractivity contribution in [3.8, 4) is 5.75 Å². The minimum Gasteiger partial charge on any atom is -0.497 e. The van der Waals surface area contributed by atoms with Crippen LogP contribution in [0.1, 0.15) is 6.92 Å². The zero-order valence-electron chi connectivity index (χ0n) is 17.8. The Balaban J connectivity index is 1.37. The summed E-state index contributed by atoms with van der Waals surface area (Å²) in [6.45, 7) is 5.39. The number of carbonyl (C=O) groups excluding carboxylic acids is 1. The number of rotatable bonds is 6. The van der Waals surface area contributed by atoms with Crippen molar-refractivity contribution in [2.45, 2.75) is 18.5 Å². The zero-order valence-corrected chi connectivity index (χ0v) is 18.6. The van der Waals surface area contributed by atoms with Gasteiger partial charge in [0.25, 0.3) is 5.56 Å². The lowest BCUT2D eigenvalue weighted by atomic mass is 10.2. The molecule has 0 unspecified atom stereocenters. The van der Waals surface area contributed by atoms with E-state index in [1.807, 2.05) is 60.4 Å². The van der Waals surface area contributed by atoms with Gasteiger partial charge in [-0.1, -0.05) is 23.9 Å². The molecule has 7 nitrogen and oxygen atoms in total. The number of aromatic nitrogens is 2. The van der Waals surface area contributed by atoms with Gasteiger partial charge in [-0.15, -0.1) is 0 Å². The van der Waals surface area contributed by atoms with Crippen LogP contribution in [-0.2, 0) is 11.3 Å². The molecule has 0 atom stereocenters. The van der Waals surface area contributed by atoms with E-state index in [-0.39, 0.29) is 17.2 Å². The highest BCUT2D eigenvalue weighted by Crippen LogP contribution is 2.21. The minimum absolute atomic E-state index is 0.0387. The summed E-state index contributed by atoms with van der Waals surface area (Å²) in [7, 11) is 1.66. The molecule has 3 aromatic rings. The van der Waals surface area contributed by atoms with Gasteiger partial charge < -0.3 is 19.1 Å². The van der Waals surface area contributed by atoms with E-state index in [1.54, 1.807) is 11.7 Å². The normalized spacial score (nSPS) is 14.1. The maximum absolute atomic E-state index is 12.8. The second-order valence-electron chi connectivity index (χ2n) is 7.31.